The first kappa shape index (κ1) is 16.2. The first-order valence-electron chi connectivity index (χ1n) is 8.80. The predicted octanol–water partition coefficient (Wildman–Crippen LogP) is 5.39. The molecule has 1 saturated carbocycles. The molecule has 0 amide bonds. The number of ether oxygens (including phenoxy) is 2. The highest BCUT2D eigenvalue weighted by Crippen LogP contribution is 2.51. The van der Waals surface area contributed by atoms with Crippen molar-refractivity contribution in [3.05, 3.63) is 53.3 Å². The minimum Gasteiger partial charge on any atom is -0.501 e. The van der Waals surface area contributed by atoms with E-state index in [9.17, 15) is 0 Å². The summed E-state index contributed by atoms with van der Waals surface area (Å²) in [7, 11) is 3.56. The van der Waals surface area contributed by atoms with Crippen LogP contribution in [0.5, 0.6) is 5.75 Å². The van der Waals surface area contributed by atoms with E-state index in [2.05, 4.69) is 43.3 Å². The number of hydrogen-bond donors (Lipinski definition) is 0. The lowest BCUT2D eigenvalue weighted by Gasteiger charge is -2.44. The second-order valence-corrected chi connectivity index (χ2v) is 6.91. The Balaban J connectivity index is 2.11. The van der Waals surface area contributed by atoms with Gasteiger partial charge in [-0.3, -0.25) is 0 Å². The molecule has 1 unspecified atom stereocenters. The topological polar surface area (TPSA) is 18.5 Å². The highest BCUT2D eigenvalue weighted by atomic mass is 16.5. The molecule has 0 aromatic heterocycles. The van der Waals surface area contributed by atoms with E-state index in [-0.39, 0.29) is 5.41 Å². The molecule has 2 nitrogen and oxygen atoms in total. The zero-order valence-electron chi connectivity index (χ0n) is 14.6. The fraction of sp³-hybridized carbons (Fsp3) is 0.524. The Morgan fingerprint density at radius 2 is 1.70 bits per heavy atom. The third-order valence-electron chi connectivity index (χ3n) is 5.63. The molecule has 1 aromatic rings. The molecule has 0 spiro atoms. The van der Waals surface area contributed by atoms with Crippen LogP contribution in [0.25, 0.3) is 0 Å². The molecule has 0 bridgehead atoms. The van der Waals surface area contributed by atoms with Crippen molar-refractivity contribution in [3.8, 4) is 5.75 Å². The number of allylic oxidation sites excluding steroid dienone is 4. The average Bonchev–Trinajstić information content (AvgIpc) is 2.62. The summed E-state index contributed by atoms with van der Waals surface area (Å²) in [5, 5.41) is 0. The van der Waals surface area contributed by atoms with Crippen molar-refractivity contribution in [1.82, 2.24) is 0 Å². The molecule has 0 saturated heterocycles. The van der Waals surface area contributed by atoms with Gasteiger partial charge in [-0.1, -0.05) is 56.0 Å². The summed E-state index contributed by atoms with van der Waals surface area (Å²) < 4.78 is 11.2. The Hall–Kier alpha value is -1.70. The fourth-order valence-corrected chi connectivity index (χ4v) is 4.52. The number of rotatable bonds is 4. The van der Waals surface area contributed by atoms with Gasteiger partial charge in [-0.25, -0.2) is 0 Å². The average molecular weight is 312 g/mol. The molecular formula is C21H28O2. The summed E-state index contributed by atoms with van der Waals surface area (Å²) in [6.07, 6.45) is 11.9. The standard InChI is InChI=1S/C21H28O2/c1-16-15-17(22-2)11-12-18(16)21(13-7-4-8-14-21)19-9-5-6-10-20(19)23-3/h5-6,9-12,16H,4,7-8,13-15H2,1-3H3. The maximum atomic E-state index is 5.72. The van der Waals surface area contributed by atoms with Gasteiger partial charge in [-0.05, 0) is 30.9 Å². The minimum absolute atomic E-state index is 0.125. The van der Waals surface area contributed by atoms with Gasteiger partial charge in [0.15, 0.2) is 0 Å². The number of para-hydroxylation sites is 1. The van der Waals surface area contributed by atoms with Crippen molar-refractivity contribution in [2.75, 3.05) is 14.2 Å². The van der Waals surface area contributed by atoms with Gasteiger partial charge in [-0.15, -0.1) is 0 Å². The van der Waals surface area contributed by atoms with E-state index < -0.39 is 0 Å². The molecule has 0 aliphatic heterocycles. The lowest BCUT2D eigenvalue weighted by Crippen LogP contribution is -2.35. The normalized spacial score (nSPS) is 23.7. The molecule has 0 radical (unpaired) electrons. The second-order valence-electron chi connectivity index (χ2n) is 6.91. The minimum atomic E-state index is 0.125. The molecule has 1 aromatic carbocycles. The Labute approximate surface area is 140 Å². The van der Waals surface area contributed by atoms with E-state index in [1.807, 2.05) is 0 Å². The molecule has 124 valence electrons. The molecule has 2 aliphatic rings. The molecule has 0 heterocycles. The molecule has 3 rings (SSSR count). The Bertz CT molecular complexity index is 606. The molecule has 1 fully saturated rings. The van der Waals surface area contributed by atoms with Gasteiger partial charge in [0.2, 0.25) is 0 Å². The maximum absolute atomic E-state index is 5.72. The van der Waals surface area contributed by atoms with Gasteiger partial charge in [0.25, 0.3) is 0 Å². The van der Waals surface area contributed by atoms with Gasteiger partial charge >= 0.3 is 0 Å². The van der Waals surface area contributed by atoms with Crippen LogP contribution in [-0.2, 0) is 10.2 Å². The van der Waals surface area contributed by atoms with Crippen molar-refractivity contribution < 1.29 is 9.47 Å². The van der Waals surface area contributed by atoms with Gasteiger partial charge in [-0.2, -0.15) is 0 Å². The summed E-state index contributed by atoms with van der Waals surface area (Å²) in [5.41, 5.74) is 3.05. The SMILES string of the molecule is COC1=CC=C(C2(c3ccccc3OC)CCCCC2)C(C)C1. The number of hydrogen-bond acceptors (Lipinski definition) is 2. The van der Waals surface area contributed by atoms with E-state index in [0.29, 0.717) is 5.92 Å². The number of methoxy groups -OCH3 is 2. The molecule has 1 atom stereocenters. The summed E-state index contributed by atoms with van der Waals surface area (Å²) in [6.45, 7) is 2.34. The smallest absolute Gasteiger partial charge is 0.122 e. The third-order valence-corrected chi connectivity index (χ3v) is 5.63. The van der Waals surface area contributed by atoms with Gasteiger partial charge < -0.3 is 9.47 Å². The Kier molecular flexibility index (Phi) is 4.79. The van der Waals surface area contributed by atoms with Crippen LogP contribution in [-0.4, -0.2) is 14.2 Å². The highest BCUT2D eigenvalue weighted by molar-refractivity contribution is 5.48. The van der Waals surface area contributed by atoms with Crippen LogP contribution in [0.4, 0.5) is 0 Å². The van der Waals surface area contributed by atoms with Crippen molar-refractivity contribution in [1.29, 1.82) is 0 Å². The second kappa shape index (κ2) is 6.82. The zero-order chi connectivity index (χ0) is 16.3. The Morgan fingerprint density at radius 1 is 0.957 bits per heavy atom. The van der Waals surface area contributed by atoms with Crippen LogP contribution in [0, 0.1) is 5.92 Å². The van der Waals surface area contributed by atoms with Crippen LogP contribution in [0.1, 0.15) is 51.0 Å². The van der Waals surface area contributed by atoms with Gasteiger partial charge in [0, 0.05) is 17.4 Å². The highest BCUT2D eigenvalue weighted by Gasteiger charge is 2.41. The quantitative estimate of drug-likeness (QED) is 0.741. The first-order chi connectivity index (χ1) is 11.2. The van der Waals surface area contributed by atoms with Crippen molar-refractivity contribution in [2.24, 2.45) is 5.92 Å². The monoisotopic (exact) mass is 312 g/mol. The fourth-order valence-electron chi connectivity index (χ4n) is 4.52. The first-order valence-corrected chi connectivity index (χ1v) is 8.80. The van der Waals surface area contributed by atoms with Gasteiger partial charge in [0.05, 0.1) is 20.0 Å². The largest absolute Gasteiger partial charge is 0.501 e. The molecule has 2 aliphatic carbocycles. The van der Waals surface area contributed by atoms with E-state index in [1.165, 1.54) is 37.7 Å². The lowest BCUT2D eigenvalue weighted by atomic mass is 9.61. The van der Waals surface area contributed by atoms with E-state index in [1.54, 1.807) is 19.8 Å². The molecule has 2 heteroatoms. The van der Waals surface area contributed by atoms with E-state index >= 15 is 0 Å². The molecule has 23 heavy (non-hydrogen) atoms. The Morgan fingerprint density at radius 3 is 2.35 bits per heavy atom. The van der Waals surface area contributed by atoms with Crippen LogP contribution >= 0.6 is 0 Å². The van der Waals surface area contributed by atoms with Crippen molar-refractivity contribution in [2.45, 2.75) is 50.9 Å². The van der Waals surface area contributed by atoms with E-state index in [0.717, 1.165) is 17.9 Å². The van der Waals surface area contributed by atoms with E-state index in [4.69, 9.17) is 9.47 Å². The van der Waals surface area contributed by atoms with Crippen LogP contribution in [0.15, 0.2) is 47.7 Å². The summed E-state index contributed by atoms with van der Waals surface area (Å²) in [6, 6.07) is 8.60. The summed E-state index contributed by atoms with van der Waals surface area (Å²) >= 11 is 0. The molecular weight excluding hydrogens is 284 g/mol. The van der Waals surface area contributed by atoms with Gasteiger partial charge in [0.1, 0.15) is 5.75 Å². The maximum Gasteiger partial charge on any atom is 0.122 e. The zero-order valence-corrected chi connectivity index (χ0v) is 14.6. The van der Waals surface area contributed by atoms with Crippen molar-refractivity contribution >= 4 is 0 Å². The summed E-state index contributed by atoms with van der Waals surface area (Å²) in [4.78, 5) is 0. The lowest BCUT2D eigenvalue weighted by molar-refractivity contribution is 0.249. The van der Waals surface area contributed by atoms with Crippen molar-refractivity contribution in [3.63, 3.8) is 0 Å². The van der Waals surface area contributed by atoms with Crippen LogP contribution in [0.2, 0.25) is 0 Å². The summed E-state index contributed by atoms with van der Waals surface area (Å²) in [5.74, 6) is 2.63. The van der Waals surface area contributed by atoms with Crippen LogP contribution in [0.3, 0.4) is 0 Å². The molecule has 0 N–H and O–H groups in total. The van der Waals surface area contributed by atoms with Crippen LogP contribution < -0.4 is 4.74 Å². The predicted molar refractivity (Wildman–Crippen MR) is 94.7 cm³/mol. The third kappa shape index (κ3) is 2.91. The number of benzene rings is 1.